The van der Waals surface area contributed by atoms with Crippen LogP contribution in [0.25, 0.3) is 0 Å². The third-order valence-corrected chi connectivity index (χ3v) is 5.54. The molecule has 0 heterocycles. The minimum atomic E-state index is -3.46. The highest BCUT2D eigenvalue weighted by Crippen LogP contribution is 2.21. The van der Waals surface area contributed by atoms with Crippen LogP contribution in [0.1, 0.15) is 34.8 Å². The van der Waals surface area contributed by atoms with E-state index in [1.54, 1.807) is 25.1 Å². The average molecular weight is 331 g/mol. The molecule has 1 N–H and O–H groups in total. The van der Waals surface area contributed by atoms with Crippen molar-refractivity contribution in [3.63, 3.8) is 0 Å². The molecular weight excluding hydrogens is 310 g/mol. The van der Waals surface area contributed by atoms with Crippen LogP contribution in [-0.4, -0.2) is 20.1 Å². The molecule has 0 aromatic heterocycles. The first-order valence-corrected chi connectivity index (χ1v) is 9.21. The van der Waals surface area contributed by atoms with E-state index in [0.29, 0.717) is 12.1 Å². The molecule has 0 spiro atoms. The molecule has 5 heteroatoms. The van der Waals surface area contributed by atoms with Crippen molar-refractivity contribution in [2.24, 2.45) is 0 Å². The van der Waals surface area contributed by atoms with Crippen molar-refractivity contribution in [3.8, 4) is 0 Å². The van der Waals surface area contributed by atoms with Crippen LogP contribution in [0.3, 0.4) is 0 Å². The number of anilines is 1. The molecule has 0 radical (unpaired) electrons. The summed E-state index contributed by atoms with van der Waals surface area (Å²) in [7, 11) is -3.46. The molecule has 0 fully saturated rings. The van der Waals surface area contributed by atoms with Gasteiger partial charge < -0.3 is 5.32 Å². The molecule has 0 atom stereocenters. The van der Waals surface area contributed by atoms with E-state index in [1.807, 2.05) is 32.0 Å². The number of carbonyl (C=O) groups excluding carboxylic acids is 1. The molecule has 0 saturated heterocycles. The number of hydrogen-bond acceptors (Lipinski definition) is 3. The maximum atomic E-state index is 12.5. The van der Waals surface area contributed by atoms with Crippen LogP contribution in [0, 0.1) is 13.8 Å². The molecule has 0 aliphatic carbocycles. The highest BCUT2D eigenvalue weighted by Gasteiger charge is 2.21. The molecular formula is C18H21NO3S. The Morgan fingerprint density at radius 2 is 1.78 bits per heavy atom. The molecule has 0 aliphatic heterocycles. The molecule has 23 heavy (non-hydrogen) atoms. The van der Waals surface area contributed by atoms with Gasteiger partial charge in [0, 0.05) is 5.69 Å². The Morgan fingerprint density at radius 1 is 1.09 bits per heavy atom. The summed E-state index contributed by atoms with van der Waals surface area (Å²) in [4.78, 5) is 12.6. The van der Waals surface area contributed by atoms with Gasteiger partial charge in [-0.1, -0.05) is 36.8 Å². The first-order chi connectivity index (χ1) is 10.8. The topological polar surface area (TPSA) is 63.2 Å². The van der Waals surface area contributed by atoms with Crippen LogP contribution in [0.15, 0.2) is 47.4 Å². The molecule has 122 valence electrons. The van der Waals surface area contributed by atoms with Gasteiger partial charge in [-0.25, -0.2) is 8.42 Å². The van der Waals surface area contributed by atoms with E-state index in [9.17, 15) is 13.2 Å². The standard InChI is InChI=1S/C18H21NO3S/c1-4-11-23(21,22)17-8-6-5-7-15(17)18(20)19-16-10-9-13(2)12-14(16)3/h5-10,12H,4,11H2,1-3H3,(H,19,20). The van der Waals surface area contributed by atoms with Crippen molar-refractivity contribution < 1.29 is 13.2 Å². The summed E-state index contributed by atoms with van der Waals surface area (Å²) < 4.78 is 24.7. The van der Waals surface area contributed by atoms with Gasteiger partial charge in [0.05, 0.1) is 16.2 Å². The predicted molar refractivity (Wildman–Crippen MR) is 92.7 cm³/mol. The van der Waals surface area contributed by atoms with E-state index in [4.69, 9.17) is 0 Å². The molecule has 1 amide bonds. The summed E-state index contributed by atoms with van der Waals surface area (Å²) in [6.07, 6.45) is 0.509. The lowest BCUT2D eigenvalue weighted by Crippen LogP contribution is -2.18. The second-order valence-electron chi connectivity index (χ2n) is 5.59. The zero-order valence-electron chi connectivity index (χ0n) is 13.6. The third kappa shape index (κ3) is 3.99. The van der Waals surface area contributed by atoms with Crippen LogP contribution in [0.2, 0.25) is 0 Å². The van der Waals surface area contributed by atoms with Gasteiger partial charge >= 0.3 is 0 Å². The van der Waals surface area contributed by atoms with Gasteiger partial charge in [0.15, 0.2) is 9.84 Å². The SMILES string of the molecule is CCCS(=O)(=O)c1ccccc1C(=O)Nc1ccc(C)cc1C. The first kappa shape index (κ1) is 17.2. The van der Waals surface area contributed by atoms with Crippen molar-refractivity contribution in [2.75, 3.05) is 11.1 Å². The van der Waals surface area contributed by atoms with Gasteiger partial charge in [-0.3, -0.25) is 4.79 Å². The first-order valence-electron chi connectivity index (χ1n) is 7.55. The zero-order valence-corrected chi connectivity index (χ0v) is 14.4. The van der Waals surface area contributed by atoms with Gasteiger partial charge in [0.1, 0.15) is 0 Å². The van der Waals surface area contributed by atoms with Crippen LogP contribution in [-0.2, 0) is 9.84 Å². The third-order valence-electron chi connectivity index (χ3n) is 3.57. The smallest absolute Gasteiger partial charge is 0.256 e. The van der Waals surface area contributed by atoms with E-state index in [2.05, 4.69) is 5.32 Å². The predicted octanol–water partition coefficient (Wildman–Crippen LogP) is 3.74. The molecule has 2 aromatic carbocycles. The van der Waals surface area contributed by atoms with Crippen LogP contribution in [0.5, 0.6) is 0 Å². The lowest BCUT2D eigenvalue weighted by molar-refractivity contribution is 0.102. The minimum Gasteiger partial charge on any atom is -0.322 e. The normalized spacial score (nSPS) is 11.3. The maximum Gasteiger partial charge on any atom is 0.256 e. The number of carbonyl (C=O) groups is 1. The van der Waals surface area contributed by atoms with Crippen LogP contribution < -0.4 is 5.32 Å². The molecule has 2 rings (SSSR count). The average Bonchev–Trinajstić information content (AvgIpc) is 2.50. The summed E-state index contributed by atoms with van der Waals surface area (Å²) in [5, 5.41) is 2.80. The molecule has 4 nitrogen and oxygen atoms in total. The molecule has 0 aliphatic rings. The van der Waals surface area contributed by atoms with E-state index in [0.717, 1.165) is 11.1 Å². The Hall–Kier alpha value is -2.14. The monoisotopic (exact) mass is 331 g/mol. The van der Waals surface area contributed by atoms with Gasteiger partial charge in [-0.2, -0.15) is 0 Å². The maximum absolute atomic E-state index is 12.5. The molecule has 0 saturated carbocycles. The quantitative estimate of drug-likeness (QED) is 0.908. The summed E-state index contributed by atoms with van der Waals surface area (Å²) in [6.45, 7) is 5.68. The van der Waals surface area contributed by atoms with E-state index in [1.165, 1.54) is 6.07 Å². The highest BCUT2D eigenvalue weighted by atomic mass is 32.2. The summed E-state index contributed by atoms with van der Waals surface area (Å²) >= 11 is 0. The van der Waals surface area contributed by atoms with E-state index >= 15 is 0 Å². The Labute approximate surface area is 137 Å². The van der Waals surface area contributed by atoms with Crippen molar-refractivity contribution in [1.29, 1.82) is 0 Å². The summed E-state index contributed by atoms with van der Waals surface area (Å²) in [6, 6.07) is 12.0. The minimum absolute atomic E-state index is 0.0286. The fourth-order valence-electron chi connectivity index (χ4n) is 2.45. The van der Waals surface area contributed by atoms with Gasteiger partial charge in [0.2, 0.25) is 0 Å². The number of amides is 1. The fourth-order valence-corrected chi connectivity index (χ4v) is 3.99. The van der Waals surface area contributed by atoms with Crippen LogP contribution >= 0.6 is 0 Å². The number of sulfone groups is 1. The molecule has 0 bridgehead atoms. The van der Waals surface area contributed by atoms with Gasteiger partial charge in [0.25, 0.3) is 5.91 Å². The van der Waals surface area contributed by atoms with Gasteiger partial charge in [-0.05, 0) is 44.0 Å². The summed E-state index contributed by atoms with van der Waals surface area (Å²) in [5.41, 5.74) is 2.91. The molecule has 0 unspecified atom stereocenters. The lowest BCUT2D eigenvalue weighted by Gasteiger charge is -2.12. The second kappa shape index (κ2) is 6.96. The number of benzene rings is 2. The fraction of sp³-hybridized carbons (Fsp3) is 0.278. The Kier molecular flexibility index (Phi) is 5.21. The number of aryl methyl sites for hydroxylation is 2. The van der Waals surface area contributed by atoms with Crippen LogP contribution in [0.4, 0.5) is 5.69 Å². The second-order valence-corrected chi connectivity index (χ2v) is 7.67. The van der Waals surface area contributed by atoms with Crippen molar-refractivity contribution in [2.45, 2.75) is 32.1 Å². The highest BCUT2D eigenvalue weighted by molar-refractivity contribution is 7.91. The zero-order chi connectivity index (χ0) is 17.0. The number of nitrogens with one attached hydrogen (secondary N) is 1. The summed E-state index contributed by atoms with van der Waals surface area (Å²) in [5.74, 6) is -0.381. The Morgan fingerprint density at radius 3 is 2.43 bits per heavy atom. The van der Waals surface area contributed by atoms with Gasteiger partial charge in [-0.15, -0.1) is 0 Å². The van der Waals surface area contributed by atoms with E-state index in [-0.39, 0.29) is 16.2 Å². The number of rotatable bonds is 5. The van der Waals surface area contributed by atoms with Crippen molar-refractivity contribution in [1.82, 2.24) is 0 Å². The molecule has 2 aromatic rings. The van der Waals surface area contributed by atoms with Crippen molar-refractivity contribution >= 4 is 21.4 Å². The van der Waals surface area contributed by atoms with Crippen molar-refractivity contribution in [3.05, 3.63) is 59.2 Å². The largest absolute Gasteiger partial charge is 0.322 e. The van der Waals surface area contributed by atoms with E-state index < -0.39 is 15.7 Å². The Bertz CT molecular complexity index is 826. The number of hydrogen-bond donors (Lipinski definition) is 1. The lowest BCUT2D eigenvalue weighted by atomic mass is 10.1. The Balaban J connectivity index is 2.37.